The van der Waals surface area contributed by atoms with E-state index in [9.17, 15) is 0 Å². The van der Waals surface area contributed by atoms with Gasteiger partial charge in [-0.25, -0.2) is 0 Å². The van der Waals surface area contributed by atoms with Crippen LogP contribution in [0.3, 0.4) is 0 Å². The zero-order valence-corrected chi connectivity index (χ0v) is 28.6. The molecule has 0 radical (unpaired) electrons. The molecule has 0 saturated heterocycles. The summed E-state index contributed by atoms with van der Waals surface area (Å²) >= 11 is 0. The lowest BCUT2D eigenvalue weighted by atomic mass is 10.0. The van der Waals surface area contributed by atoms with Crippen molar-refractivity contribution in [2.24, 2.45) is 9.98 Å². The number of ether oxygens (including phenoxy) is 4. The molecule has 0 amide bonds. The van der Waals surface area contributed by atoms with Crippen LogP contribution in [0.2, 0.25) is 0 Å². The van der Waals surface area contributed by atoms with Crippen molar-refractivity contribution in [2.45, 2.75) is 25.7 Å². The average molecular weight is 647 g/mol. The number of aliphatic imine (C=N–C) groups is 2. The van der Waals surface area contributed by atoms with Gasteiger partial charge in [0.05, 0.1) is 36.0 Å². The Morgan fingerprint density at radius 1 is 0.521 bits per heavy atom. The molecule has 0 N–H and O–H groups in total. The van der Waals surface area contributed by atoms with E-state index in [1.165, 1.54) is 11.1 Å². The largest absolute Gasteiger partial charge is 0.494 e. The van der Waals surface area contributed by atoms with Gasteiger partial charge in [-0.05, 0) is 113 Å². The van der Waals surface area contributed by atoms with Crippen molar-refractivity contribution in [3.8, 4) is 23.0 Å². The second kappa shape index (κ2) is 16.0. The van der Waals surface area contributed by atoms with Crippen molar-refractivity contribution >= 4 is 22.8 Å². The lowest BCUT2D eigenvalue weighted by Crippen LogP contribution is -2.15. The zero-order chi connectivity index (χ0) is 33.3. The van der Waals surface area contributed by atoms with E-state index in [1.54, 1.807) is 0 Å². The van der Waals surface area contributed by atoms with Crippen LogP contribution in [0.5, 0.6) is 23.0 Å². The molecular formula is C40H46N4O4. The third-order valence-corrected chi connectivity index (χ3v) is 8.36. The summed E-state index contributed by atoms with van der Waals surface area (Å²) in [5.74, 6) is 3.39. The van der Waals surface area contributed by atoms with E-state index >= 15 is 0 Å². The Bertz CT molecular complexity index is 1640. The van der Waals surface area contributed by atoms with Crippen molar-refractivity contribution < 1.29 is 18.9 Å². The van der Waals surface area contributed by atoms with Gasteiger partial charge in [0.1, 0.15) is 36.2 Å². The molecule has 250 valence electrons. The van der Waals surface area contributed by atoms with Crippen molar-refractivity contribution in [2.75, 3.05) is 67.7 Å². The molecule has 0 aromatic heterocycles. The fourth-order valence-electron chi connectivity index (χ4n) is 5.95. The highest BCUT2D eigenvalue weighted by atomic mass is 16.5. The summed E-state index contributed by atoms with van der Waals surface area (Å²) in [5, 5.41) is 0. The summed E-state index contributed by atoms with van der Waals surface area (Å²) in [5.41, 5.74) is 8.32. The maximum atomic E-state index is 6.28. The molecule has 0 spiro atoms. The first-order valence-electron chi connectivity index (χ1n) is 16.8. The molecule has 0 aliphatic carbocycles. The summed E-state index contributed by atoms with van der Waals surface area (Å²) in [6, 6.07) is 28.5. The van der Waals surface area contributed by atoms with Gasteiger partial charge in [-0.2, -0.15) is 0 Å². The van der Waals surface area contributed by atoms with Gasteiger partial charge in [0.25, 0.3) is 0 Å². The van der Waals surface area contributed by atoms with Crippen LogP contribution in [0.1, 0.15) is 35.1 Å². The molecule has 2 heterocycles. The fourth-order valence-corrected chi connectivity index (χ4v) is 5.95. The molecule has 0 unspecified atom stereocenters. The lowest BCUT2D eigenvalue weighted by molar-refractivity contribution is 0.216. The Balaban J connectivity index is 1.02. The zero-order valence-electron chi connectivity index (χ0n) is 28.6. The molecule has 0 atom stereocenters. The molecule has 4 aromatic rings. The van der Waals surface area contributed by atoms with E-state index in [2.05, 4.69) is 62.3 Å². The molecular weight excluding hydrogens is 600 g/mol. The second-order valence-electron chi connectivity index (χ2n) is 12.8. The third kappa shape index (κ3) is 8.62. The standard InChI is InChI=1S/C40H46N4O4/c1-43(2)19-9-21-45-31-15-17-35-29(25-31)27-37(41-35)33-11-5-7-13-39(33)47-23-24-48-40-14-8-6-12-34(40)38-28-30-26-32(16-18-36(30)42-38)46-22-10-20-44(3)4/h5-8,11-18,25-26H,9-10,19-24,27-28H2,1-4H3. The van der Waals surface area contributed by atoms with Crippen LogP contribution >= 0.6 is 0 Å². The summed E-state index contributed by atoms with van der Waals surface area (Å²) in [4.78, 5) is 14.2. The summed E-state index contributed by atoms with van der Waals surface area (Å²) in [6.07, 6.45) is 3.46. The minimum Gasteiger partial charge on any atom is -0.494 e. The number of para-hydroxylation sites is 2. The summed E-state index contributed by atoms with van der Waals surface area (Å²) in [7, 11) is 8.31. The van der Waals surface area contributed by atoms with Gasteiger partial charge in [-0.3, -0.25) is 9.98 Å². The Morgan fingerprint density at radius 3 is 1.40 bits per heavy atom. The second-order valence-corrected chi connectivity index (χ2v) is 12.8. The topological polar surface area (TPSA) is 68.1 Å². The van der Waals surface area contributed by atoms with Crippen molar-refractivity contribution in [3.05, 3.63) is 107 Å². The van der Waals surface area contributed by atoms with Crippen LogP contribution in [-0.2, 0) is 12.8 Å². The first-order valence-corrected chi connectivity index (χ1v) is 16.8. The highest BCUT2D eigenvalue weighted by Crippen LogP contribution is 2.35. The molecule has 8 heteroatoms. The smallest absolute Gasteiger partial charge is 0.128 e. The van der Waals surface area contributed by atoms with E-state index in [1.807, 2.05) is 60.7 Å². The van der Waals surface area contributed by atoms with Gasteiger partial charge in [0.15, 0.2) is 0 Å². The third-order valence-electron chi connectivity index (χ3n) is 8.36. The number of hydrogen-bond donors (Lipinski definition) is 0. The van der Waals surface area contributed by atoms with Crippen molar-refractivity contribution in [3.63, 3.8) is 0 Å². The molecule has 2 aliphatic heterocycles. The first kappa shape index (κ1) is 33.2. The predicted octanol–water partition coefficient (Wildman–Crippen LogP) is 7.16. The number of benzene rings is 4. The SMILES string of the molecule is CN(C)CCCOc1ccc2c(c1)CC(c1ccccc1OCCOc1ccccc1C1=Nc3ccc(OCCCN(C)C)cc3C1)=N2. The predicted molar refractivity (Wildman–Crippen MR) is 194 cm³/mol. The maximum absolute atomic E-state index is 6.28. The van der Waals surface area contributed by atoms with Gasteiger partial charge in [0, 0.05) is 37.1 Å². The number of hydrogen-bond acceptors (Lipinski definition) is 8. The Kier molecular flexibility index (Phi) is 11.1. The van der Waals surface area contributed by atoms with E-state index in [0.29, 0.717) is 26.4 Å². The van der Waals surface area contributed by atoms with Crippen LogP contribution in [-0.4, -0.2) is 88.9 Å². The number of fused-ring (bicyclic) bond motifs is 2. The maximum Gasteiger partial charge on any atom is 0.128 e. The van der Waals surface area contributed by atoms with E-state index in [-0.39, 0.29) is 0 Å². The summed E-state index contributed by atoms with van der Waals surface area (Å²) < 4.78 is 24.6. The molecule has 2 aliphatic rings. The highest BCUT2D eigenvalue weighted by molar-refractivity contribution is 6.09. The highest BCUT2D eigenvalue weighted by Gasteiger charge is 2.21. The normalized spacial score (nSPS) is 13.3. The fraction of sp³-hybridized carbons (Fsp3) is 0.350. The Hall–Kier alpha value is -4.66. The molecule has 4 aromatic carbocycles. The number of rotatable bonds is 17. The Labute approximate surface area is 284 Å². The van der Waals surface area contributed by atoms with Crippen LogP contribution in [0.25, 0.3) is 0 Å². The first-order chi connectivity index (χ1) is 23.4. The monoisotopic (exact) mass is 646 g/mol. The average Bonchev–Trinajstić information content (AvgIpc) is 3.71. The van der Waals surface area contributed by atoms with Crippen LogP contribution in [0, 0.1) is 0 Å². The molecule has 48 heavy (non-hydrogen) atoms. The molecule has 0 saturated carbocycles. The van der Waals surface area contributed by atoms with Gasteiger partial charge < -0.3 is 28.7 Å². The van der Waals surface area contributed by atoms with Crippen LogP contribution < -0.4 is 18.9 Å². The minimum atomic E-state index is 0.401. The summed E-state index contributed by atoms with van der Waals surface area (Å²) in [6.45, 7) is 4.21. The quantitative estimate of drug-likeness (QED) is 0.114. The van der Waals surface area contributed by atoms with Gasteiger partial charge >= 0.3 is 0 Å². The van der Waals surface area contributed by atoms with Gasteiger partial charge in [-0.1, -0.05) is 24.3 Å². The van der Waals surface area contributed by atoms with Crippen LogP contribution in [0.15, 0.2) is 94.9 Å². The lowest BCUT2D eigenvalue weighted by Gasteiger charge is -2.14. The van der Waals surface area contributed by atoms with Gasteiger partial charge in [-0.15, -0.1) is 0 Å². The molecule has 0 fully saturated rings. The van der Waals surface area contributed by atoms with Crippen molar-refractivity contribution in [1.82, 2.24) is 9.80 Å². The molecule has 0 bridgehead atoms. The minimum absolute atomic E-state index is 0.401. The van der Waals surface area contributed by atoms with E-state index in [0.717, 1.165) is 95.7 Å². The molecule has 6 rings (SSSR count). The number of nitrogens with zero attached hydrogens (tertiary/aromatic N) is 4. The van der Waals surface area contributed by atoms with Gasteiger partial charge in [0.2, 0.25) is 0 Å². The molecule has 8 nitrogen and oxygen atoms in total. The Morgan fingerprint density at radius 2 is 0.958 bits per heavy atom. The van der Waals surface area contributed by atoms with Crippen molar-refractivity contribution in [1.29, 1.82) is 0 Å². The van der Waals surface area contributed by atoms with Crippen LogP contribution in [0.4, 0.5) is 11.4 Å². The van der Waals surface area contributed by atoms with E-state index in [4.69, 9.17) is 28.9 Å². The van der Waals surface area contributed by atoms with E-state index < -0.39 is 0 Å².